The predicted molar refractivity (Wildman–Crippen MR) is 231 cm³/mol. The molecule has 0 spiro atoms. The van der Waals surface area contributed by atoms with Crippen LogP contribution in [-0.4, -0.2) is 4.57 Å². The fraction of sp³-hybridized carbons (Fsp3) is 0.222. The van der Waals surface area contributed by atoms with E-state index in [0.717, 1.165) is 0 Å². The van der Waals surface area contributed by atoms with Gasteiger partial charge in [0.1, 0.15) is 0 Å². The average molecular weight is 708 g/mol. The molecule has 0 amide bonds. The summed E-state index contributed by atoms with van der Waals surface area (Å²) < 4.78 is 2.66. The van der Waals surface area contributed by atoms with Crippen molar-refractivity contribution >= 4 is 21.8 Å². The Morgan fingerprint density at radius 1 is 0.309 bits per heavy atom. The van der Waals surface area contributed by atoms with Crippen LogP contribution in [0.25, 0.3) is 72.0 Å². The molecular weight excluding hydrogens is 663 g/mol. The number of para-hydroxylation sites is 1. The molecule has 266 valence electrons. The average Bonchev–Trinajstić information content (AvgIpc) is 3.73. The number of hydrogen-bond donors (Lipinski definition) is 0. The van der Waals surface area contributed by atoms with Crippen molar-refractivity contribution < 1.29 is 0 Å². The molecule has 0 radical (unpaired) electrons. The number of rotatable bonds is 2. The van der Waals surface area contributed by atoms with Crippen molar-refractivity contribution in [3.63, 3.8) is 0 Å². The standard InChI is InChI=1S/C54H45N/c1-51(2)40-16-11-9-14-34(40)36-22-20-30(26-44(36)51)32-24-38-39-25-33(31-21-23-37-35-15-10-12-17-41(35)52(3,4)45(37)27-31)29-47-49(39)55-48(38)46(28-32)53(5,6)42-18-13-19-43(50(42)55)54(47,7)8/h9-29H,1-8H3. The van der Waals surface area contributed by atoms with Crippen LogP contribution in [0, 0.1) is 0 Å². The zero-order chi connectivity index (χ0) is 37.6. The molecule has 12 rings (SSSR count). The van der Waals surface area contributed by atoms with Crippen molar-refractivity contribution in [3.05, 3.63) is 172 Å². The molecule has 2 aliphatic heterocycles. The lowest BCUT2D eigenvalue weighted by Gasteiger charge is -2.42. The van der Waals surface area contributed by atoms with E-state index in [1.165, 1.54) is 117 Å². The van der Waals surface area contributed by atoms with Crippen LogP contribution < -0.4 is 0 Å². The van der Waals surface area contributed by atoms with E-state index in [0.29, 0.717) is 0 Å². The van der Waals surface area contributed by atoms with Gasteiger partial charge >= 0.3 is 0 Å². The van der Waals surface area contributed by atoms with Crippen molar-refractivity contribution in [2.45, 2.75) is 77.0 Å². The van der Waals surface area contributed by atoms with Crippen LogP contribution in [0.5, 0.6) is 0 Å². The number of hydrogen-bond acceptors (Lipinski definition) is 0. The minimum absolute atomic E-state index is 0.0507. The maximum atomic E-state index is 2.66. The van der Waals surface area contributed by atoms with Gasteiger partial charge in [0.15, 0.2) is 0 Å². The van der Waals surface area contributed by atoms with Crippen molar-refractivity contribution in [1.29, 1.82) is 0 Å². The van der Waals surface area contributed by atoms with Gasteiger partial charge in [0.2, 0.25) is 0 Å². The highest BCUT2D eigenvalue weighted by Crippen LogP contribution is 2.58. The zero-order valence-electron chi connectivity index (χ0n) is 33.1. The summed E-state index contributed by atoms with van der Waals surface area (Å²) in [4.78, 5) is 0. The van der Waals surface area contributed by atoms with Crippen LogP contribution in [-0.2, 0) is 21.7 Å². The van der Waals surface area contributed by atoms with E-state index in [1.54, 1.807) is 0 Å². The molecule has 0 fully saturated rings. The lowest BCUT2D eigenvalue weighted by Crippen LogP contribution is -2.33. The predicted octanol–water partition coefficient (Wildman–Crippen LogP) is 14.0. The summed E-state index contributed by atoms with van der Waals surface area (Å²) >= 11 is 0. The van der Waals surface area contributed by atoms with Crippen molar-refractivity contribution in [3.8, 4) is 50.2 Å². The molecule has 0 saturated heterocycles. The summed E-state index contributed by atoms with van der Waals surface area (Å²) in [5.41, 5.74) is 25.7. The van der Waals surface area contributed by atoms with Crippen LogP contribution in [0.4, 0.5) is 0 Å². The number of benzene rings is 7. The number of nitrogens with zero attached hydrogens (tertiary/aromatic N) is 1. The van der Waals surface area contributed by atoms with Gasteiger partial charge in [0, 0.05) is 32.4 Å². The Morgan fingerprint density at radius 3 is 1.13 bits per heavy atom. The van der Waals surface area contributed by atoms with Gasteiger partial charge in [-0.3, -0.25) is 0 Å². The maximum absolute atomic E-state index is 2.66. The first-order chi connectivity index (χ1) is 26.3. The Bertz CT molecular complexity index is 2880. The Balaban J connectivity index is 1.15. The monoisotopic (exact) mass is 707 g/mol. The number of fused-ring (bicyclic) bond motifs is 7. The summed E-state index contributed by atoms with van der Waals surface area (Å²) in [6.45, 7) is 19.3. The van der Waals surface area contributed by atoms with Crippen LogP contribution >= 0.6 is 0 Å². The molecule has 7 aromatic carbocycles. The molecule has 55 heavy (non-hydrogen) atoms. The molecule has 0 atom stereocenters. The molecule has 1 heteroatoms. The van der Waals surface area contributed by atoms with E-state index in [1.807, 2.05) is 0 Å². The fourth-order valence-corrected chi connectivity index (χ4v) is 11.6. The van der Waals surface area contributed by atoms with E-state index < -0.39 is 0 Å². The Labute approximate surface area is 324 Å². The third-order valence-electron chi connectivity index (χ3n) is 14.7. The van der Waals surface area contributed by atoms with Crippen molar-refractivity contribution in [2.24, 2.45) is 0 Å². The highest BCUT2D eigenvalue weighted by Gasteiger charge is 2.44. The molecule has 2 aliphatic carbocycles. The van der Waals surface area contributed by atoms with Gasteiger partial charge in [-0.1, -0.05) is 146 Å². The minimum atomic E-state index is -0.173. The van der Waals surface area contributed by atoms with Gasteiger partial charge in [0.05, 0.1) is 16.7 Å². The van der Waals surface area contributed by atoms with Gasteiger partial charge < -0.3 is 4.57 Å². The normalized spacial score (nSPS) is 17.7. The first kappa shape index (κ1) is 31.7. The third kappa shape index (κ3) is 3.66. The van der Waals surface area contributed by atoms with Crippen molar-refractivity contribution in [1.82, 2.24) is 4.57 Å². The molecule has 0 unspecified atom stereocenters. The molecule has 0 saturated carbocycles. The maximum Gasteiger partial charge on any atom is 0.0582 e. The molecule has 3 heterocycles. The van der Waals surface area contributed by atoms with Gasteiger partial charge in [-0.25, -0.2) is 0 Å². The van der Waals surface area contributed by atoms with Crippen LogP contribution in [0.15, 0.2) is 127 Å². The summed E-state index contributed by atoms with van der Waals surface area (Å²) in [6.07, 6.45) is 0. The van der Waals surface area contributed by atoms with E-state index in [-0.39, 0.29) is 21.7 Å². The van der Waals surface area contributed by atoms with Gasteiger partial charge in [-0.15, -0.1) is 0 Å². The largest absolute Gasteiger partial charge is 0.308 e. The van der Waals surface area contributed by atoms with E-state index in [2.05, 4.69) is 187 Å². The highest BCUT2D eigenvalue weighted by molar-refractivity contribution is 6.16. The van der Waals surface area contributed by atoms with Crippen molar-refractivity contribution in [2.75, 3.05) is 0 Å². The first-order valence-corrected chi connectivity index (χ1v) is 20.1. The lowest BCUT2D eigenvalue weighted by molar-refractivity contribution is 0.594. The molecule has 0 N–H and O–H groups in total. The topological polar surface area (TPSA) is 4.93 Å². The summed E-state index contributed by atoms with van der Waals surface area (Å²) in [5.74, 6) is 0. The second-order valence-corrected chi connectivity index (χ2v) is 19.0. The molecule has 0 bridgehead atoms. The quantitative estimate of drug-likeness (QED) is 0.169. The van der Waals surface area contributed by atoms with Crippen LogP contribution in [0.3, 0.4) is 0 Å². The zero-order valence-corrected chi connectivity index (χ0v) is 33.1. The van der Waals surface area contributed by atoms with E-state index in [9.17, 15) is 0 Å². The second-order valence-electron chi connectivity index (χ2n) is 19.0. The first-order valence-electron chi connectivity index (χ1n) is 20.1. The molecule has 1 nitrogen and oxygen atoms in total. The third-order valence-corrected chi connectivity index (χ3v) is 14.7. The summed E-state index contributed by atoms with van der Waals surface area (Å²) in [6, 6.07) is 49.6. The Morgan fingerprint density at radius 2 is 0.673 bits per heavy atom. The fourth-order valence-electron chi connectivity index (χ4n) is 11.6. The van der Waals surface area contributed by atoms with E-state index in [4.69, 9.17) is 0 Å². The van der Waals surface area contributed by atoms with Crippen LogP contribution in [0.1, 0.15) is 99.9 Å². The lowest BCUT2D eigenvalue weighted by atomic mass is 9.68. The summed E-state index contributed by atoms with van der Waals surface area (Å²) in [5, 5.41) is 2.71. The molecular formula is C54H45N. The van der Waals surface area contributed by atoms with Gasteiger partial charge in [0.25, 0.3) is 0 Å². The smallest absolute Gasteiger partial charge is 0.0582 e. The van der Waals surface area contributed by atoms with Gasteiger partial charge in [-0.05, 0) is 125 Å². The molecule has 8 aromatic rings. The Hall–Kier alpha value is -5.66. The number of aromatic nitrogens is 1. The van der Waals surface area contributed by atoms with Gasteiger partial charge in [-0.2, -0.15) is 0 Å². The van der Waals surface area contributed by atoms with E-state index >= 15 is 0 Å². The highest BCUT2D eigenvalue weighted by atomic mass is 15.0. The SMILES string of the molecule is CC1(C)c2ccccc2-c2ccc(-c3cc4c5c(c3)c3cc(-c6ccc7c(c6)C(C)(C)c6ccccc6-7)cc6c3n5-c3c(cccc3C6(C)C)C4(C)C)cc21. The Kier molecular flexibility index (Phi) is 5.62. The van der Waals surface area contributed by atoms with Crippen LogP contribution in [0.2, 0.25) is 0 Å². The second kappa shape index (κ2) is 9.76. The summed E-state index contributed by atoms with van der Waals surface area (Å²) in [7, 11) is 0. The molecule has 4 aliphatic rings. The minimum Gasteiger partial charge on any atom is -0.308 e. The molecule has 1 aromatic heterocycles.